The molecule has 1 amide bonds. The Kier molecular flexibility index (Phi) is 5.57. The number of aromatic nitrogens is 2. The zero-order chi connectivity index (χ0) is 20.9. The first kappa shape index (κ1) is 19.4. The molecule has 150 valence electrons. The van der Waals surface area contributed by atoms with E-state index in [1.54, 1.807) is 25.2 Å². The highest BCUT2D eigenvalue weighted by Gasteiger charge is 2.11. The molecule has 0 aliphatic carbocycles. The Labute approximate surface area is 173 Å². The highest BCUT2D eigenvalue weighted by atomic mass is 16.5. The summed E-state index contributed by atoms with van der Waals surface area (Å²) in [5, 5.41) is 8.69. The molecule has 0 saturated heterocycles. The van der Waals surface area contributed by atoms with Crippen LogP contribution in [0, 0.1) is 0 Å². The molecule has 4 aromatic rings. The van der Waals surface area contributed by atoms with Crippen LogP contribution in [0.2, 0.25) is 0 Å². The molecular formula is C24H21N3O3. The first-order valence-electron chi connectivity index (χ1n) is 9.62. The van der Waals surface area contributed by atoms with Gasteiger partial charge in [0, 0.05) is 24.5 Å². The zero-order valence-corrected chi connectivity index (χ0v) is 16.5. The number of carbonyl (C=O) groups is 1. The van der Waals surface area contributed by atoms with E-state index in [1.165, 1.54) is 4.68 Å². The molecule has 0 radical (unpaired) electrons. The van der Waals surface area contributed by atoms with E-state index in [0.717, 1.165) is 22.2 Å². The summed E-state index contributed by atoms with van der Waals surface area (Å²) in [4.78, 5) is 24.3. The van der Waals surface area contributed by atoms with E-state index in [9.17, 15) is 9.59 Å². The van der Waals surface area contributed by atoms with Crippen molar-refractivity contribution in [2.75, 3.05) is 6.61 Å². The smallest absolute Gasteiger partial charge is 0.274 e. The van der Waals surface area contributed by atoms with Crippen LogP contribution in [0.3, 0.4) is 0 Å². The fourth-order valence-electron chi connectivity index (χ4n) is 3.22. The SMILES string of the molecule is Cn1nc(-c2ccc(OCC(=O)NCc3ccccc3)cc2)c2ccccc2c1=O. The van der Waals surface area contributed by atoms with Gasteiger partial charge in [0.1, 0.15) is 5.75 Å². The fraction of sp³-hybridized carbons (Fsp3) is 0.125. The predicted molar refractivity (Wildman–Crippen MR) is 116 cm³/mol. The van der Waals surface area contributed by atoms with Crippen molar-refractivity contribution in [1.82, 2.24) is 15.1 Å². The van der Waals surface area contributed by atoms with Gasteiger partial charge in [-0.05, 0) is 35.9 Å². The van der Waals surface area contributed by atoms with Crippen LogP contribution in [0.1, 0.15) is 5.56 Å². The lowest BCUT2D eigenvalue weighted by atomic mass is 10.1. The van der Waals surface area contributed by atoms with Gasteiger partial charge in [0.05, 0.1) is 11.1 Å². The van der Waals surface area contributed by atoms with Crippen molar-refractivity contribution in [3.05, 3.63) is 94.8 Å². The van der Waals surface area contributed by atoms with Crippen LogP contribution in [0.5, 0.6) is 5.75 Å². The van der Waals surface area contributed by atoms with Gasteiger partial charge in [0.15, 0.2) is 6.61 Å². The van der Waals surface area contributed by atoms with E-state index in [1.807, 2.05) is 60.7 Å². The summed E-state index contributed by atoms with van der Waals surface area (Å²) in [6, 6.07) is 24.5. The summed E-state index contributed by atoms with van der Waals surface area (Å²) in [7, 11) is 1.64. The van der Waals surface area contributed by atoms with E-state index in [-0.39, 0.29) is 18.1 Å². The van der Waals surface area contributed by atoms with Crippen molar-refractivity contribution in [2.45, 2.75) is 6.54 Å². The molecule has 0 saturated carbocycles. The van der Waals surface area contributed by atoms with Gasteiger partial charge in [0.25, 0.3) is 11.5 Å². The topological polar surface area (TPSA) is 73.2 Å². The molecule has 0 spiro atoms. The summed E-state index contributed by atoms with van der Waals surface area (Å²) < 4.78 is 6.94. The molecule has 6 nitrogen and oxygen atoms in total. The van der Waals surface area contributed by atoms with Crippen molar-refractivity contribution in [3.63, 3.8) is 0 Å². The Hall–Kier alpha value is -3.93. The number of hydrogen-bond acceptors (Lipinski definition) is 4. The third-order valence-electron chi connectivity index (χ3n) is 4.79. The molecule has 30 heavy (non-hydrogen) atoms. The molecule has 0 unspecified atom stereocenters. The third kappa shape index (κ3) is 4.22. The van der Waals surface area contributed by atoms with Gasteiger partial charge in [-0.2, -0.15) is 5.10 Å². The minimum Gasteiger partial charge on any atom is -0.484 e. The fourth-order valence-corrected chi connectivity index (χ4v) is 3.22. The molecule has 0 bridgehead atoms. The average Bonchev–Trinajstić information content (AvgIpc) is 2.80. The molecule has 4 rings (SSSR count). The van der Waals surface area contributed by atoms with Gasteiger partial charge in [-0.1, -0.05) is 48.5 Å². The van der Waals surface area contributed by atoms with Crippen LogP contribution in [0.15, 0.2) is 83.7 Å². The summed E-state index contributed by atoms with van der Waals surface area (Å²) in [6.07, 6.45) is 0. The Morgan fingerprint density at radius 3 is 2.33 bits per heavy atom. The second-order valence-corrected chi connectivity index (χ2v) is 6.90. The third-order valence-corrected chi connectivity index (χ3v) is 4.79. The monoisotopic (exact) mass is 399 g/mol. The maximum atomic E-state index is 12.3. The maximum absolute atomic E-state index is 12.3. The molecule has 0 fully saturated rings. The number of carbonyl (C=O) groups excluding carboxylic acids is 1. The lowest BCUT2D eigenvalue weighted by Gasteiger charge is -2.10. The van der Waals surface area contributed by atoms with Crippen LogP contribution < -0.4 is 15.6 Å². The number of fused-ring (bicyclic) bond motifs is 1. The number of rotatable bonds is 6. The van der Waals surface area contributed by atoms with Crippen LogP contribution in [0.4, 0.5) is 0 Å². The lowest BCUT2D eigenvalue weighted by Crippen LogP contribution is -2.28. The summed E-state index contributed by atoms with van der Waals surface area (Å²) in [5.41, 5.74) is 2.49. The number of amides is 1. The quantitative estimate of drug-likeness (QED) is 0.540. The second-order valence-electron chi connectivity index (χ2n) is 6.90. The van der Waals surface area contributed by atoms with Gasteiger partial charge in [0.2, 0.25) is 0 Å². The molecule has 3 aromatic carbocycles. The lowest BCUT2D eigenvalue weighted by molar-refractivity contribution is -0.123. The van der Waals surface area contributed by atoms with Gasteiger partial charge in [-0.15, -0.1) is 0 Å². The molecular weight excluding hydrogens is 378 g/mol. The largest absolute Gasteiger partial charge is 0.484 e. The van der Waals surface area contributed by atoms with Crippen molar-refractivity contribution in [3.8, 4) is 17.0 Å². The van der Waals surface area contributed by atoms with Gasteiger partial charge < -0.3 is 10.1 Å². The Morgan fingerprint density at radius 1 is 0.933 bits per heavy atom. The second kappa shape index (κ2) is 8.61. The Morgan fingerprint density at radius 2 is 1.60 bits per heavy atom. The Bertz CT molecular complexity index is 1230. The van der Waals surface area contributed by atoms with Crippen molar-refractivity contribution in [2.24, 2.45) is 7.05 Å². The van der Waals surface area contributed by atoms with Crippen LogP contribution in [-0.2, 0) is 18.4 Å². The molecule has 0 aliphatic heterocycles. The first-order chi connectivity index (χ1) is 14.6. The van der Waals surface area contributed by atoms with Crippen molar-refractivity contribution in [1.29, 1.82) is 0 Å². The summed E-state index contributed by atoms with van der Waals surface area (Å²) in [5.74, 6) is 0.399. The molecule has 1 aromatic heterocycles. The molecule has 0 aliphatic rings. The number of hydrogen-bond donors (Lipinski definition) is 1. The Balaban J connectivity index is 1.44. The van der Waals surface area contributed by atoms with E-state index in [0.29, 0.717) is 17.7 Å². The number of ether oxygens (including phenoxy) is 1. The van der Waals surface area contributed by atoms with Crippen molar-refractivity contribution >= 4 is 16.7 Å². The highest BCUT2D eigenvalue weighted by molar-refractivity contribution is 5.93. The minimum atomic E-state index is -0.186. The highest BCUT2D eigenvalue weighted by Crippen LogP contribution is 2.26. The zero-order valence-electron chi connectivity index (χ0n) is 16.5. The summed E-state index contributed by atoms with van der Waals surface area (Å²) in [6.45, 7) is 0.403. The van der Waals surface area contributed by atoms with Gasteiger partial charge >= 0.3 is 0 Å². The van der Waals surface area contributed by atoms with Crippen LogP contribution in [0.25, 0.3) is 22.0 Å². The minimum absolute atomic E-state index is 0.0623. The summed E-state index contributed by atoms with van der Waals surface area (Å²) >= 11 is 0. The normalized spacial score (nSPS) is 10.7. The molecule has 0 atom stereocenters. The van der Waals surface area contributed by atoms with Crippen molar-refractivity contribution < 1.29 is 9.53 Å². The van der Waals surface area contributed by atoms with E-state index in [4.69, 9.17) is 4.74 Å². The number of nitrogens with one attached hydrogen (secondary N) is 1. The average molecular weight is 399 g/mol. The van der Waals surface area contributed by atoms with E-state index < -0.39 is 0 Å². The molecule has 6 heteroatoms. The van der Waals surface area contributed by atoms with Gasteiger partial charge in [-0.3, -0.25) is 9.59 Å². The van der Waals surface area contributed by atoms with E-state index in [2.05, 4.69) is 10.4 Å². The van der Waals surface area contributed by atoms with E-state index >= 15 is 0 Å². The number of aryl methyl sites for hydroxylation is 1. The molecule has 1 heterocycles. The molecule has 1 N–H and O–H groups in total. The number of nitrogens with zero attached hydrogens (tertiary/aromatic N) is 2. The maximum Gasteiger partial charge on any atom is 0.274 e. The predicted octanol–water partition coefficient (Wildman–Crippen LogP) is 3.30. The van der Waals surface area contributed by atoms with Crippen LogP contribution in [-0.4, -0.2) is 22.3 Å². The standard InChI is InChI=1S/C24H21N3O3/c1-27-24(29)21-10-6-5-9-20(21)23(26-27)18-11-13-19(14-12-18)30-16-22(28)25-15-17-7-3-2-4-8-17/h2-14H,15-16H2,1H3,(H,25,28). The first-order valence-corrected chi connectivity index (χ1v) is 9.62. The van der Waals surface area contributed by atoms with Gasteiger partial charge in [-0.25, -0.2) is 4.68 Å². The van der Waals surface area contributed by atoms with Crippen LogP contribution >= 0.6 is 0 Å². The number of benzene rings is 3.